The minimum absolute atomic E-state index is 0.00909. The van der Waals surface area contributed by atoms with E-state index < -0.39 is 6.17 Å². The van der Waals surface area contributed by atoms with Crippen LogP contribution in [-0.2, 0) is 18.3 Å². The molecular formula is C16H26FN5O2. The Kier molecular flexibility index (Phi) is 5.68. The summed E-state index contributed by atoms with van der Waals surface area (Å²) in [5, 5.41) is 5.68. The fourth-order valence-corrected chi connectivity index (χ4v) is 3.34. The topological polar surface area (TPSA) is 71.4 Å². The molecule has 0 radical (unpaired) electrons. The zero-order chi connectivity index (χ0) is 16.9. The molecule has 3 heterocycles. The number of amides is 2. The maximum absolute atomic E-state index is 13.8. The van der Waals surface area contributed by atoms with Gasteiger partial charge >= 0.3 is 6.03 Å². The highest BCUT2D eigenvalue weighted by Crippen LogP contribution is 2.21. The molecule has 2 aliphatic heterocycles. The summed E-state index contributed by atoms with van der Waals surface area (Å²) in [6, 6.07) is -0.227. The van der Waals surface area contributed by atoms with E-state index in [1.54, 1.807) is 6.20 Å². The average Bonchev–Trinajstić information content (AvgIpc) is 3.27. The van der Waals surface area contributed by atoms with E-state index in [1.807, 2.05) is 22.7 Å². The Morgan fingerprint density at radius 3 is 3.00 bits per heavy atom. The molecule has 8 heteroatoms. The normalized spacial score (nSPS) is 27.5. The van der Waals surface area contributed by atoms with Crippen LogP contribution < -0.4 is 10.6 Å². The zero-order valence-corrected chi connectivity index (χ0v) is 14.1. The van der Waals surface area contributed by atoms with Crippen LogP contribution in [0, 0.1) is 0 Å². The van der Waals surface area contributed by atoms with Gasteiger partial charge in [-0.3, -0.25) is 4.90 Å². The van der Waals surface area contributed by atoms with Crippen molar-refractivity contribution in [3.05, 3.63) is 18.2 Å². The summed E-state index contributed by atoms with van der Waals surface area (Å²) < 4.78 is 21.2. The number of carbonyl (C=O) groups is 1. The lowest BCUT2D eigenvalue weighted by molar-refractivity contribution is 0.111. The molecule has 0 unspecified atom stereocenters. The highest BCUT2D eigenvalue weighted by atomic mass is 19.1. The molecule has 0 spiro atoms. The van der Waals surface area contributed by atoms with Gasteiger partial charge in [-0.1, -0.05) is 0 Å². The molecule has 2 N–H and O–H groups in total. The van der Waals surface area contributed by atoms with Crippen molar-refractivity contribution in [2.24, 2.45) is 7.05 Å². The van der Waals surface area contributed by atoms with Crippen molar-refractivity contribution in [3.8, 4) is 0 Å². The smallest absolute Gasteiger partial charge is 0.314 e. The maximum atomic E-state index is 13.8. The van der Waals surface area contributed by atoms with Gasteiger partial charge in [0.15, 0.2) is 0 Å². The molecule has 1 aromatic heterocycles. The summed E-state index contributed by atoms with van der Waals surface area (Å²) in [5.74, 6) is 0.900. The van der Waals surface area contributed by atoms with Gasteiger partial charge in [-0.25, -0.2) is 14.2 Å². The van der Waals surface area contributed by atoms with Crippen molar-refractivity contribution in [2.45, 2.75) is 44.1 Å². The van der Waals surface area contributed by atoms with Crippen molar-refractivity contribution < 1.29 is 13.9 Å². The monoisotopic (exact) mass is 339 g/mol. The van der Waals surface area contributed by atoms with Crippen LogP contribution in [0.3, 0.4) is 0 Å². The molecule has 7 nitrogen and oxygen atoms in total. The Bertz CT molecular complexity index is 546. The van der Waals surface area contributed by atoms with Gasteiger partial charge in [0.1, 0.15) is 12.0 Å². The van der Waals surface area contributed by atoms with Crippen molar-refractivity contribution >= 4 is 6.03 Å². The Balaban J connectivity index is 1.44. The van der Waals surface area contributed by atoms with E-state index >= 15 is 0 Å². The molecule has 1 aromatic rings. The van der Waals surface area contributed by atoms with E-state index in [9.17, 15) is 9.18 Å². The lowest BCUT2D eigenvalue weighted by Crippen LogP contribution is -2.45. The molecule has 2 amide bonds. The summed E-state index contributed by atoms with van der Waals surface area (Å²) in [7, 11) is 1.93. The molecule has 3 rings (SSSR count). The fraction of sp³-hybridized carbons (Fsp3) is 0.750. The number of halogens is 1. The zero-order valence-electron chi connectivity index (χ0n) is 14.1. The highest BCUT2D eigenvalue weighted by Gasteiger charge is 2.32. The van der Waals surface area contributed by atoms with Gasteiger partial charge in [-0.2, -0.15) is 0 Å². The van der Waals surface area contributed by atoms with E-state index in [-0.39, 0.29) is 18.2 Å². The number of likely N-dealkylation sites (tertiary alicyclic amines) is 1. The number of ether oxygens (including phenoxy) is 1. The van der Waals surface area contributed by atoms with Gasteiger partial charge in [-0.15, -0.1) is 0 Å². The molecule has 24 heavy (non-hydrogen) atoms. The Morgan fingerprint density at radius 2 is 2.29 bits per heavy atom. The molecule has 0 aromatic carbocycles. The van der Waals surface area contributed by atoms with Crippen molar-refractivity contribution in [1.82, 2.24) is 25.1 Å². The Morgan fingerprint density at radius 1 is 1.46 bits per heavy atom. The third kappa shape index (κ3) is 4.45. The van der Waals surface area contributed by atoms with Crippen LogP contribution in [0.2, 0.25) is 0 Å². The van der Waals surface area contributed by atoms with Gasteiger partial charge in [0, 0.05) is 51.7 Å². The number of nitrogens with zero attached hydrogens (tertiary/aromatic N) is 3. The largest absolute Gasteiger partial charge is 0.376 e. The molecule has 0 bridgehead atoms. The minimum atomic E-state index is -0.855. The fourth-order valence-electron chi connectivity index (χ4n) is 3.34. The molecular weight excluding hydrogens is 313 g/mol. The molecule has 2 fully saturated rings. The Labute approximate surface area is 141 Å². The number of urea groups is 1. The van der Waals surface area contributed by atoms with Gasteiger partial charge in [0.25, 0.3) is 0 Å². The molecule has 0 saturated carbocycles. The van der Waals surface area contributed by atoms with Crippen molar-refractivity contribution in [2.75, 3.05) is 26.2 Å². The van der Waals surface area contributed by atoms with Crippen LogP contribution in [0.5, 0.6) is 0 Å². The number of nitrogens with one attached hydrogen (secondary N) is 2. The lowest BCUT2D eigenvalue weighted by Gasteiger charge is -2.24. The minimum Gasteiger partial charge on any atom is -0.376 e. The number of hydrogen-bond acceptors (Lipinski definition) is 4. The second kappa shape index (κ2) is 7.94. The van der Waals surface area contributed by atoms with Crippen molar-refractivity contribution in [1.29, 1.82) is 0 Å². The molecule has 3 atom stereocenters. The Hall–Kier alpha value is -1.67. The summed E-state index contributed by atoms with van der Waals surface area (Å²) in [5.41, 5.74) is 0. The summed E-state index contributed by atoms with van der Waals surface area (Å²) in [6.07, 6.45) is 5.37. The molecule has 134 valence electrons. The first-order chi connectivity index (χ1) is 11.6. The number of alkyl halides is 1. The number of imidazole rings is 1. The van der Waals surface area contributed by atoms with Gasteiger partial charge in [0.05, 0.1) is 12.6 Å². The number of rotatable bonds is 6. The van der Waals surface area contributed by atoms with Crippen LogP contribution in [0.1, 0.15) is 25.1 Å². The average molecular weight is 339 g/mol. The van der Waals surface area contributed by atoms with E-state index in [2.05, 4.69) is 15.6 Å². The molecule has 0 aliphatic carbocycles. The summed E-state index contributed by atoms with van der Waals surface area (Å²) in [4.78, 5) is 18.3. The van der Waals surface area contributed by atoms with E-state index in [0.29, 0.717) is 32.6 Å². The van der Waals surface area contributed by atoms with E-state index in [0.717, 1.165) is 25.3 Å². The van der Waals surface area contributed by atoms with Crippen LogP contribution >= 0.6 is 0 Å². The van der Waals surface area contributed by atoms with E-state index in [4.69, 9.17) is 4.74 Å². The van der Waals surface area contributed by atoms with Crippen molar-refractivity contribution in [3.63, 3.8) is 0 Å². The second-order valence-corrected chi connectivity index (χ2v) is 6.60. The summed E-state index contributed by atoms with van der Waals surface area (Å²) >= 11 is 0. The van der Waals surface area contributed by atoms with Crippen LogP contribution in [-0.4, -0.2) is 65.0 Å². The molecule has 2 aliphatic rings. The number of carbonyl (C=O) groups excluding carboxylic acids is 1. The number of hydrogen-bond donors (Lipinski definition) is 2. The van der Waals surface area contributed by atoms with Crippen LogP contribution in [0.4, 0.5) is 9.18 Å². The predicted octanol–water partition coefficient (Wildman–Crippen LogP) is 0.811. The first kappa shape index (κ1) is 17.2. The molecule has 2 saturated heterocycles. The quantitative estimate of drug-likeness (QED) is 0.805. The maximum Gasteiger partial charge on any atom is 0.314 e. The third-order valence-corrected chi connectivity index (χ3v) is 4.75. The highest BCUT2D eigenvalue weighted by molar-refractivity contribution is 5.73. The van der Waals surface area contributed by atoms with Crippen LogP contribution in [0.25, 0.3) is 0 Å². The number of aromatic nitrogens is 2. The first-order valence-corrected chi connectivity index (χ1v) is 8.59. The predicted molar refractivity (Wildman–Crippen MR) is 87.3 cm³/mol. The lowest BCUT2D eigenvalue weighted by atomic mass is 10.2. The van der Waals surface area contributed by atoms with Crippen LogP contribution in [0.15, 0.2) is 12.4 Å². The van der Waals surface area contributed by atoms with Gasteiger partial charge < -0.3 is 19.9 Å². The van der Waals surface area contributed by atoms with E-state index in [1.165, 1.54) is 0 Å². The standard InChI is InChI=1S/C16H26FN5O2/c1-21-5-4-18-15(21)11-22-10-12(17)7-13(22)8-19-16(23)20-9-14-3-2-6-24-14/h4-5,12-14H,2-3,6-11H2,1H3,(H2,19,20,23)/t12-,13-,14-/m0/s1. The third-order valence-electron chi connectivity index (χ3n) is 4.75. The summed E-state index contributed by atoms with van der Waals surface area (Å²) in [6.45, 7) is 2.71. The number of aryl methyl sites for hydroxylation is 1. The SMILES string of the molecule is Cn1ccnc1CN1C[C@@H](F)C[C@H]1CNC(=O)NC[C@@H]1CCCO1. The van der Waals surface area contributed by atoms with Gasteiger partial charge in [-0.05, 0) is 19.3 Å². The van der Waals surface area contributed by atoms with Gasteiger partial charge in [0.2, 0.25) is 0 Å². The first-order valence-electron chi connectivity index (χ1n) is 8.59. The second-order valence-electron chi connectivity index (χ2n) is 6.60.